The second-order valence-corrected chi connectivity index (χ2v) is 5.31. The minimum atomic E-state index is -0.888. The van der Waals surface area contributed by atoms with Crippen molar-refractivity contribution >= 4 is 15.7 Å². The summed E-state index contributed by atoms with van der Waals surface area (Å²) in [6.07, 6.45) is 1.46. The van der Waals surface area contributed by atoms with E-state index in [2.05, 4.69) is 13.5 Å². The van der Waals surface area contributed by atoms with Crippen LogP contribution in [0.2, 0.25) is 5.54 Å². The Morgan fingerprint density at radius 3 is 2.75 bits per heavy atom. The Bertz CT molecular complexity index is 168. The topological polar surface area (TPSA) is 46.5 Å². The molecular formula is C8H16O3Si. The minimum Gasteiger partial charge on any atom is -0.478 e. The highest BCUT2D eigenvalue weighted by molar-refractivity contribution is 6.29. The summed E-state index contributed by atoms with van der Waals surface area (Å²) in [5.41, 5.74) is 0.832. The van der Waals surface area contributed by atoms with Gasteiger partial charge in [-0.25, -0.2) is 4.79 Å². The van der Waals surface area contributed by atoms with E-state index < -0.39 is 15.7 Å². The molecule has 0 aromatic heterocycles. The van der Waals surface area contributed by atoms with E-state index >= 15 is 0 Å². The van der Waals surface area contributed by atoms with Gasteiger partial charge in [-0.15, -0.1) is 0 Å². The average Bonchev–Trinajstić information content (AvgIpc) is 2.00. The second-order valence-electron chi connectivity index (χ2n) is 3.01. The van der Waals surface area contributed by atoms with Crippen molar-refractivity contribution < 1.29 is 14.3 Å². The van der Waals surface area contributed by atoms with Crippen LogP contribution in [0.5, 0.6) is 0 Å². The van der Waals surface area contributed by atoms with Crippen LogP contribution in [0.15, 0.2) is 12.2 Å². The van der Waals surface area contributed by atoms with Gasteiger partial charge < -0.3 is 9.53 Å². The van der Waals surface area contributed by atoms with E-state index in [4.69, 9.17) is 9.53 Å². The molecule has 3 nitrogen and oxygen atoms in total. The predicted molar refractivity (Wildman–Crippen MR) is 51.0 cm³/mol. The average molecular weight is 188 g/mol. The van der Waals surface area contributed by atoms with Crippen molar-refractivity contribution in [3.63, 3.8) is 0 Å². The smallest absolute Gasteiger partial charge is 0.330 e. The van der Waals surface area contributed by atoms with E-state index in [-0.39, 0.29) is 0 Å². The maximum Gasteiger partial charge on any atom is 0.330 e. The van der Waals surface area contributed by atoms with Gasteiger partial charge in [-0.3, -0.25) is 0 Å². The fraction of sp³-hybridized carbons (Fsp3) is 0.625. The molecule has 0 heterocycles. The van der Waals surface area contributed by atoms with E-state index in [9.17, 15) is 4.79 Å². The molecule has 0 fully saturated rings. The van der Waals surface area contributed by atoms with Gasteiger partial charge in [0.25, 0.3) is 0 Å². The van der Waals surface area contributed by atoms with E-state index in [1.54, 1.807) is 7.11 Å². The molecule has 1 atom stereocenters. The van der Waals surface area contributed by atoms with Gasteiger partial charge in [0, 0.05) is 12.7 Å². The van der Waals surface area contributed by atoms with Crippen molar-refractivity contribution in [2.75, 3.05) is 7.11 Å². The van der Waals surface area contributed by atoms with Gasteiger partial charge in [-0.05, 0) is 18.4 Å². The van der Waals surface area contributed by atoms with Crippen LogP contribution >= 0.6 is 0 Å². The Morgan fingerprint density at radius 2 is 2.33 bits per heavy atom. The largest absolute Gasteiger partial charge is 0.478 e. The van der Waals surface area contributed by atoms with Crippen molar-refractivity contribution in [3.05, 3.63) is 12.2 Å². The molecule has 0 saturated heterocycles. The van der Waals surface area contributed by atoms with Gasteiger partial charge in [0.2, 0.25) is 0 Å². The highest BCUT2D eigenvalue weighted by Crippen LogP contribution is 2.14. The third-order valence-corrected chi connectivity index (χ3v) is 3.00. The maximum absolute atomic E-state index is 10.4. The van der Waals surface area contributed by atoms with E-state index in [0.717, 1.165) is 6.42 Å². The first-order valence-electron chi connectivity index (χ1n) is 3.98. The quantitative estimate of drug-likeness (QED) is 0.498. The lowest BCUT2D eigenvalue weighted by Crippen LogP contribution is -2.05. The zero-order valence-corrected chi connectivity index (χ0v) is 9.08. The number of carboxylic acids is 1. The Balaban J connectivity index is 3.54. The van der Waals surface area contributed by atoms with Crippen LogP contribution in [-0.4, -0.2) is 27.9 Å². The lowest BCUT2D eigenvalue weighted by molar-refractivity contribution is -0.132. The summed E-state index contributed by atoms with van der Waals surface area (Å²) in [5.74, 6) is -0.888. The molecule has 12 heavy (non-hydrogen) atoms. The fourth-order valence-electron chi connectivity index (χ4n) is 0.895. The molecule has 0 radical (unpaired) electrons. The van der Waals surface area contributed by atoms with Crippen LogP contribution in [0.3, 0.4) is 0 Å². The van der Waals surface area contributed by atoms with Gasteiger partial charge in [0.1, 0.15) is 0 Å². The summed E-state index contributed by atoms with van der Waals surface area (Å²) < 4.78 is 5.06. The van der Waals surface area contributed by atoms with Crippen molar-refractivity contribution in [2.45, 2.75) is 25.3 Å². The van der Waals surface area contributed by atoms with Crippen LogP contribution < -0.4 is 0 Å². The summed E-state index contributed by atoms with van der Waals surface area (Å²) in [7, 11) is 1.25. The zero-order chi connectivity index (χ0) is 9.56. The Kier molecular flexibility index (Phi) is 5.66. The molecule has 0 amide bonds. The summed E-state index contributed by atoms with van der Waals surface area (Å²) >= 11 is 0. The molecule has 4 heteroatoms. The molecule has 1 N–H and O–H groups in total. The lowest BCUT2D eigenvalue weighted by atomic mass is 10.1. The monoisotopic (exact) mass is 188 g/mol. The fourth-order valence-corrected chi connectivity index (χ4v) is 1.84. The maximum atomic E-state index is 10.4. The number of aliphatic carboxylic acids is 1. The highest BCUT2D eigenvalue weighted by Gasteiger charge is 2.07. The molecule has 0 aliphatic carbocycles. The van der Waals surface area contributed by atoms with Crippen molar-refractivity contribution in [1.29, 1.82) is 0 Å². The molecular weight excluding hydrogens is 172 g/mol. The first kappa shape index (κ1) is 11.4. The third kappa shape index (κ3) is 5.09. The molecule has 0 rings (SSSR count). The van der Waals surface area contributed by atoms with Crippen LogP contribution in [0, 0.1) is 0 Å². The Hall–Kier alpha value is -0.613. The number of hydrogen-bond donors (Lipinski definition) is 1. The summed E-state index contributed by atoms with van der Waals surface area (Å²) in [6.45, 7) is 5.55. The molecule has 0 aliphatic heterocycles. The first-order chi connectivity index (χ1) is 5.57. The SMILES string of the molecule is C=C(CCC(C)[SiH2]OC)C(=O)O. The standard InChI is InChI=1S/C8H16O3Si/c1-6(8(9)10)4-5-7(2)12-11-3/h7H,1,4-5,12H2,2-3H3,(H,9,10). The number of rotatable bonds is 6. The zero-order valence-electron chi connectivity index (χ0n) is 7.67. The van der Waals surface area contributed by atoms with Crippen molar-refractivity contribution in [1.82, 2.24) is 0 Å². The molecule has 0 aliphatic rings. The van der Waals surface area contributed by atoms with Crippen molar-refractivity contribution in [2.24, 2.45) is 0 Å². The molecule has 0 aromatic carbocycles. The Morgan fingerprint density at radius 1 is 1.75 bits per heavy atom. The molecule has 1 unspecified atom stereocenters. The van der Waals surface area contributed by atoms with Crippen LogP contribution in [-0.2, 0) is 9.22 Å². The number of carbonyl (C=O) groups is 1. The second kappa shape index (κ2) is 5.96. The summed E-state index contributed by atoms with van der Waals surface area (Å²) in [5, 5.41) is 8.51. The van der Waals surface area contributed by atoms with Gasteiger partial charge in [0.15, 0.2) is 9.76 Å². The Labute approximate surface area is 75.4 Å². The van der Waals surface area contributed by atoms with Crippen LogP contribution in [0.1, 0.15) is 19.8 Å². The van der Waals surface area contributed by atoms with Crippen LogP contribution in [0.4, 0.5) is 0 Å². The molecule has 0 bridgehead atoms. The lowest BCUT2D eigenvalue weighted by Gasteiger charge is -2.08. The molecule has 0 spiro atoms. The summed E-state index contributed by atoms with van der Waals surface area (Å²) in [6, 6.07) is 0. The predicted octanol–water partition coefficient (Wildman–Crippen LogP) is 0.946. The third-order valence-electron chi connectivity index (χ3n) is 1.69. The van der Waals surface area contributed by atoms with E-state index in [0.29, 0.717) is 17.5 Å². The van der Waals surface area contributed by atoms with Gasteiger partial charge in [0.05, 0.1) is 0 Å². The molecule has 0 aromatic rings. The first-order valence-corrected chi connectivity index (χ1v) is 5.37. The van der Waals surface area contributed by atoms with Gasteiger partial charge >= 0.3 is 5.97 Å². The molecule has 70 valence electrons. The number of carboxylic acid groups (broad SMARTS) is 1. The van der Waals surface area contributed by atoms with Crippen molar-refractivity contribution in [3.8, 4) is 0 Å². The van der Waals surface area contributed by atoms with E-state index in [1.807, 2.05) is 0 Å². The van der Waals surface area contributed by atoms with E-state index in [1.165, 1.54) is 0 Å². The number of hydrogen-bond acceptors (Lipinski definition) is 2. The summed E-state index contributed by atoms with van der Waals surface area (Å²) in [4.78, 5) is 10.4. The van der Waals surface area contributed by atoms with Crippen LogP contribution in [0.25, 0.3) is 0 Å². The van der Waals surface area contributed by atoms with Gasteiger partial charge in [-0.1, -0.05) is 13.5 Å². The normalized spacial score (nSPS) is 13.5. The minimum absolute atomic E-state index is 0.298. The van der Waals surface area contributed by atoms with Gasteiger partial charge in [-0.2, -0.15) is 0 Å². The highest BCUT2D eigenvalue weighted by atomic mass is 28.2. The molecule has 0 saturated carbocycles.